The molecule has 0 atom stereocenters. The topological polar surface area (TPSA) is 95.5 Å². The van der Waals surface area contributed by atoms with Crippen LogP contribution in [-0.2, 0) is 4.79 Å². The Bertz CT molecular complexity index is 807. The van der Waals surface area contributed by atoms with Crippen molar-refractivity contribution in [1.82, 2.24) is 5.32 Å². The first-order chi connectivity index (χ1) is 11.9. The summed E-state index contributed by atoms with van der Waals surface area (Å²) in [5, 5.41) is 13.4. The highest BCUT2D eigenvalue weighted by Crippen LogP contribution is 2.14. The Balaban J connectivity index is 1.98. The van der Waals surface area contributed by atoms with Gasteiger partial charge in [-0.05, 0) is 36.4 Å². The van der Waals surface area contributed by atoms with E-state index in [1.54, 1.807) is 0 Å². The standard InChI is InChI=1S/C17H14F2N2O4/c18-11-3-6-13(14(19)9-11)17(25)21-12-4-1-10(2-5-12)16(24)20-8-7-15(22)23/h1-6,9H,7-8H2,(H,20,24)(H,21,25)(H,22,23). The van der Waals surface area contributed by atoms with E-state index in [9.17, 15) is 23.2 Å². The van der Waals surface area contributed by atoms with Crippen LogP contribution >= 0.6 is 0 Å². The predicted molar refractivity (Wildman–Crippen MR) is 85.3 cm³/mol. The molecule has 0 bridgehead atoms. The lowest BCUT2D eigenvalue weighted by molar-refractivity contribution is -0.136. The van der Waals surface area contributed by atoms with E-state index in [4.69, 9.17) is 5.11 Å². The van der Waals surface area contributed by atoms with Gasteiger partial charge in [0.05, 0.1) is 12.0 Å². The zero-order chi connectivity index (χ0) is 18.4. The third kappa shape index (κ3) is 5.10. The van der Waals surface area contributed by atoms with Crippen molar-refractivity contribution in [2.45, 2.75) is 6.42 Å². The molecule has 0 saturated heterocycles. The first-order valence-corrected chi connectivity index (χ1v) is 7.23. The summed E-state index contributed by atoms with van der Waals surface area (Å²) in [5.41, 5.74) is 0.282. The largest absolute Gasteiger partial charge is 0.481 e. The molecule has 6 nitrogen and oxygen atoms in total. The number of carboxylic acids is 1. The maximum atomic E-state index is 13.6. The fourth-order valence-electron chi connectivity index (χ4n) is 1.96. The van der Waals surface area contributed by atoms with E-state index >= 15 is 0 Å². The molecule has 2 amide bonds. The lowest BCUT2D eigenvalue weighted by Crippen LogP contribution is -2.25. The van der Waals surface area contributed by atoms with Gasteiger partial charge >= 0.3 is 5.97 Å². The summed E-state index contributed by atoms with van der Waals surface area (Å²) in [4.78, 5) is 34.1. The van der Waals surface area contributed by atoms with Crippen molar-refractivity contribution < 1.29 is 28.3 Å². The smallest absolute Gasteiger partial charge is 0.305 e. The number of amides is 2. The highest BCUT2D eigenvalue weighted by atomic mass is 19.1. The fourth-order valence-corrected chi connectivity index (χ4v) is 1.96. The summed E-state index contributed by atoms with van der Waals surface area (Å²) in [7, 11) is 0. The maximum absolute atomic E-state index is 13.6. The average Bonchev–Trinajstić information content (AvgIpc) is 2.54. The van der Waals surface area contributed by atoms with Crippen molar-refractivity contribution in [1.29, 1.82) is 0 Å². The minimum atomic E-state index is -1.02. The van der Waals surface area contributed by atoms with Gasteiger partial charge in [-0.1, -0.05) is 0 Å². The normalized spacial score (nSPS) is 10.2. The van der Waals surface area contributed by atoms with Crippen LogP contribution in [0.5, 0.6) is 0 Å². The summed E-state index contributed by atoms with van der Waals surface area (Å²) in [6.45, 7) is -0.00347. The summed E-state index contributed by atoms with van der Waals surface area (Å²) in [5.74, 6) is -3.99. The van der Waals surface area contributed by atoms with Gasteiger partial charge in [-0.3, -0.25) is 14.4 Å². The van der Waals surface area contributed by atoms with Crippen LogP contribution in [0.1, 0.15) is 27.1 Å². The van der Waals surface area contributed by atoms with E-state index in [0.29, 0.717) is 11.8 Å². The first kappa shape index (κ1) is 18.1. The van der Waals surface area contributed by atoms with E-state index in [1.165, 1.54) is 24.3 Å². The van der Waals surface area contributed by atoms with Crippen LogP contribution in [0.15, 0.2) is 42.5 Å². The van der Waals surface area contributed by atoms with Crippen LogP contribution in [0.4, 0.5) is 14.5 Å². The molecule has 0 saturated carbocycles. The quantitative estimate of drug-likeness (QED) is 0.747. The monoisotopic (exact) mass is 348 g/mol. The summed E-state index contributed by atoms with van der Waals surface area (Å²) in [6, 6.07) is 8.34. The molecule has 0 heterocycles. The molecule has 0 aliphatic carbocycles. The molecule has 3 N–H and O–H groups in total. The van der Waals surface area contributed by atoms with Crippen molar-refractivity contribution >= 4 is 23.5 Å². The van der Waals surface area contributed by atoms with Crippen LogP contribution in [0.3, 0.4) is 0 Å². The SMILES string of the molecule is O=C(O)CCNC(=O)c1ccc(NC(=O)c2ccc(F)cc2F)cc1. The zero-order valence-corrected chi connectivity index (χ0v) is 12.9. The molecule has 0 radical (unpaired) electrons. The van der Waals surface area contributed by atoms with E-state index in [0.717, 1.165) is 12.1 Å². The minimum Gasteiger partial charge on any atom is -0.481 e. The number of anilines is 1. The number of hydrogen-bond acceptors (Lipinski definition) is 3. The highest BCUT2D eigenvalue weighted by Gasteiger charge is 2.13. The lowest BCUT2D eigenvalue weighted by atomic mass is 10.1. The Labute approximate surface area is 141 Å². The van der Waals surface area contributed by atoms with Gasteiger partial charge in [0.15, 0.2) is 0 Å². The number of carbonyl (C=O) groups excluding carboxylic acids is 2. The molecule has 25 heavy (non-hydrogen) atoms. The molecule has 130 valence electrons. The molecular formula is C17H14F2N2O4. The Hall–Kier alpha value is -3.29. The van der Waals surface area contributed by atoms with Crippen molar-refractivity contribution in [3.05, 3.63) is 65.2 Å². The van der Waals surface area contributed by atoms with Gasteiger partial charge in [-0.25, -0.2) is 8.78 Å². The van der Waals surface area contributed by atoms with Crippen LogP contribution in [0, 0.1) is 11.6 Å². The molecule has 0 unspecified atom stereocenters. The van der Waals surface area contributed by atoms with E-state index in [2.05, 4.69) is 10.6 Å². The van der Waals surface area contributed by atoms with E-state index < -0.39 is 29.4 Å². The summed E-state index contributed by atoms with van der Waals surface area (Å²) >= 11 is 0. The van der Waals surface area contributed by atoms with E-state index in [1.807, 2.05) is 0 Å². The fraction of sp³-hybridized carbons (Fsp3) is 0.118. The zero-order valence-electron chi connectivity index (χ0n) is 12.9. The molecular weight excluding hydrogens is 334 g/mol. The molecule has 0 aliphatic rings. The number of nitrogens with one attached hydrogen (secondary N) is 2. The molecule has 2 aromatic rings. The third-order valence-corrected chi connectivity index (χ3v) is 3.21. The molecule has 0 aliphatic heterocycles. The second-order valence-corrected chi connectivity index (χ2v) is 5.06. The number of carbonyl (C=O) groups is 3. The number of halogens is 2. The summed E-state index contributed by atoms with van der Waals surface area (Å²) in [6.07, 6.45) is -0.191. The Morgan fingerprint density at radius 3 is 2.24 bits per heavy atom. The highest BCUT2D eigenvalue weighted by molar-refractivity contribution is 6.04. The average molecular weight is 348 g/mol. The van der Waals surface area contributed by atoms with Crippen molar-refractivity contribution in [3.8, 4) is 0 Å². The number of rotatable bonds is 6. The maximum Gasteiger partial charge on any atom is 0.305 e. The van der Waals surface area contributed by atoms with Gasteiger partial charge in [-0.15, -0.1) is 0 Å². The van der Waals surface area contributed by atoms with Gasteiger partial charge < -0.3 is 15.7 Å². The molecule has 8 heteroatoms. The summed E-state index contributed by atoms with van der Waals surface area (Å²) < 4.78 is 26.4. The van der Waals surface area contributed by atoms with Gasteiger partial charge in [-0.2, -0.15) is 0 Å². The second kappa shape index (κ2) is 8.00. The van der Waals surface area contributed by atoms with Crippen molar-refractivity contribution in [2.24, 2.45) is 0 Å². The van der Waals surface area contributed by atoms with Crippen LogP contribution in [0.25, 0.3) is 0 Å². The number of aliphatic carboxylic acids is 1. The van der Waals surface area contributed by atoms with Gasteiger partial charge in [0.1, 0.15) is 11.6 Å². The minimum absolute atomic E-state index is 0.00347. The lowest BCUT2D eigenvalue weighted by Gasteiger charge is -2.08. The molecule has 0 fully saturated rings. The second-order valence-electron chi connectivity index (χ2n) is 5.06. The van der Waals surface area contributed by atoms with Crippen molar-refractivity contribution in [3.63, 3.8) is 0 Å². The Morgan fingerprint density at radius 2 is 1.64 bits per heavy atom. The van der Waals surface area contributed by atoms with Crippen LogP contribution in [-0.4, -0.2) is 29.4 Å². The van der Waals surface area contributed by atoms with Crippen molar-refractivity contribution in [2.75, 3.05) is 11.9 Å². The first-order valence-electron chi connectivity index (χ1n) is 7.23. The van der Waals surface area contributed by atoms with Gasteiger partial charge in [0.25, 0.3) is 11.8 Å². The Kier molecular flexibility index (Phi) is 5.78. The van der Waals surface area contributed by atoms with Crippen LogP contribution in [0.2, 0.25) is 0 Å². The number of carboxylic acid groups (broad SMARTS) is 1. The molecule has 0 spiro atoms. The molecule has 2 aromatic carbocycles. The third-order valence-electron chi connectivity index (χ3n) is 3.21. The number of hydrogen-bond donors (Lipinski definition) is 3. The molecule has 0 aromatic heterocycles. The van der Waals surface area contributed by atoms with Gasteiger partial charge in [0, 0.05) is 23.9 Å². The van der Waals surface area contributed by atoms with Gasteiger partial charge in [0.2, 0.25) is 0 Å². The number of benzene rings is 2. The van der Waals surface area contributed by atoms with E-state index in [-0.39, 0.29) is 24.1 Å². The Morgan fingerprint density at radius 1 is 0.960 bits per heavy atom. The van der Waals surface area contributed by atoms with Crippen LogP contribution < -0.4 is 10.6 Å². The predicted octanol–water partition coefficient (Wildman–Crippen LogP) is 2.42. The molecule has 2 rings (SSSR count).